The van der Waals surface area contributed by atoms with Crippen molar-refractivity contribution in [2.24, 2.45) is 5.92 Å². The molecular weight excluding hydrogens is 254 g/mol. The Balaban J connectivity index is 2.12. The number of carboxylic acids is 1. The van der Waals surface area contributed by atoms with Gasteiger partial charge in [-0.25, -0.2) is 9.59 Å². The first-order valence-electron chi connectivity index (χ1n) is 6.15. The lowest BCUT2D eigenvalue weighted by Gasteiger charge is -2.30. The van der Waals surface area contributed by atoms with Crippen LogP contribution in [0.25, 0.3) is 0 Å². The summed E-state index contributed by atoms with van der Waals surface area (Å²) in [5.74, 6) is -0.0567. The molecule has 1 heterocycles. The molecule has 102 valence electrons. The van der Waals surface area contributed by atoms with Crippen LogP contribution in [0, 0.1) is 5.92 Å². The van der Waals surface area contributed by atoms with Crippen LogP contribution in [0.3, 0.4) is 0 Å². The Labute approximate surface area is 111 Å². The molecule has 2 unspecified atom stereocenters. The molecule has 0 bridgehead atoms. The van der Waals surface area contributed by atoms with E-state index in [0.717, 1.165) is 12.8 Å². The number of carbonyl (C=O) groups is 2. The van der Waals surface area contributed by atoms with Gasteiger partial charge in [-0.1, -0.05) is 0 Å². The molecule has 0 spiro atoms. The minimum Gasteiger partial charge on any atom is -0.480 e. The van der Waals surface area contributed by atoms with Gasteiger partial charge in [-0.3, -0.25) is 4.90 Å². The smallest absolute Gasteiger partial charge is 0.411 e. The van der Waals surface area contributed by atoms with Gasteiger partial charge in [0.05, 0.1) is 5.37 Å². The van der Waals surface area contributed by atoms with Crippen LogP contribution in [0.2, 0.25) is 0 Å². The first kappa shape index (κ1) is 13.5. The van der Waals surface area contributed by atoms with Crippen LogP contribution in [0.4, 0.5) is 4.79 Å². The number of rotatable bonds is 2. The number of hydrogen-bond acceptors (Lipinski definition) is 4. The van der Waals surface area contributed by atoms with Crippen molar-refractivity contribution in [3.05, 3.63) is 0 Å². The highest BCUT2D eigenvalue weighted by Gasteiger charge is 2.49. The summed E-state index contributed by atoms with van der Waals surface area (Å²) >= 11 is 1.56. The maximum absolute atomic E-state index is 12.1. The van der Waals surface area contributed by atoms with Gasteiger partial charge in [0.15, 0.2) is 0 Å². The number of carbonyl (C=O) groups excluding carboxylic acids is 1. The minimum absolute atomic E-state index is 0.0269. The van der Waals surface area contributed by atoms with Crippen molar-refractivity contribution in [3.8, 4) is 0 Å². The van der Waals surface area contributed by atoms with Gasteiger partial charge >= 0.3 is 12.1 Å². The summed E-state index contributed by atoms with van der Waals surface area (Å²) in [6.07, 6.45) is 1.64. The van der Waals surface area contributed by atoms with E-state index in [1.54, 1.807) is 32.5 Å². The van der Waals surface area contributed by atoms with E-state index < -0.39 is 23.7 Å². The first-order valence-corrected chi connectivity index (χ1v) is 7.20. The zero-order valence-corrected chi connectivity index (χ0v) is 11.7. The Kier molecular flexibility index (Phi) is 3.49. The fourth-order valence-electron chi connectivity index (χ4n) is 2.01. The monoisotopic (exact) mass is 273 g/mol. The number of amides is 1. The molecule has 6 heteroatoms. The second-order valence-corrected chi connectivity index (χ2v) is 6.95. The zero-order valence-electron chi connectivity index (χ0n) is 10.9. The van der Waals surface area contributed by atoms with Gasteiger partial charge in [-0.2, -0.15) is 0 Å². The number of carboxylic acid groups (broad SMARTS) is 1. The van der Waals surface area contributed by atoms with Crippen molar-refractivity contribution >= 4 is 23.8 Å². The van der Waals surface area contributed by atoms with E-state index in [1.807, 2.05) is 0 Å². The second-order valence-electron chi connectivity index (χ2n) is 5.80. The van der Waals surface area contributed by atoms with Crippen LogP contribution in [-0.4, -0.2) is 44.8 Å². The lowest BCUT2D eigenvalue weighted by atomic mass is 10.2. The van der Waals surface area contributed by atoms with Crippen LogP contribution >= 0.6 is 11.8 Å². The average molecular weight is 273 g/mol. The van der Waals surface area contributed by atoms with Crippen molar-refractivity contribution in [1.82, 2.24) is 4.90 Å². The Morgan fingerprint density at radius 2 is 1.94 bits per heavy atom. The molecule has 18 heavy (non-hydrogen) atoms. The molecule has 1 N–H and O–H groups in total. The fourth-order valence-corrected chi connectivity index (χ4v) is 3.63. The number of ether oxygens (including phenoxy) is 1. The molecule has 5 nitrogen and oxygen atoms in total. The molecule has 1 saturated heterocycles. The van der Waals surface area contributed by atoms with Crippen LogP contribution in [0.5, 0.6) is 0 Å². The molecule has 0 aromatic rings. The van der Waals surface area contributed by atoms with Crippen molar-refractivity contribution in [1.29, 1.82) is 0 Å². The summed E-state index contributed by atoms with van der Waals surface area (Å²) < 4.78 is 5.32. The zero-order chi connectivity index (χ0) is 13.5. The molecule has 1 saturated carbocycles. The molecule has 2 fully saturated rings. The van der Waals surface area contributed by atoms with E-state index >= 15 is 0 Å². The van der Waals surface area contributed by atoms with Gasteiger partial charge in [-0.15, -0.1) is 11.8 Å². The Morgan fingerprint density at radius 3 is 2.39 bits per heavy atom. The van der Waals surface area contributed by atoms with Crippen LogP contribution in [-0.2, 0) is 9.53 Å². The highest BCUT2D eigenvalue weighted by atomic mass is 32.2. The van der Waals surface area contributed by atoms with Crippen molar-refractivity contribution in [2.45, 2.75) is 50.6 Å². The molecule has 2 aliphatic rings. The summed E-state index contributed by atoms with van der Waals surface area (Å²) in [6.45, 7) is 5.36. The molecule has 1 amide bonds. The van der Waals surface area contributed by atoms with Gasteiger partial charge in [0, 0.05) is 5.75 Å². The first-order chi connectivity index (χ1) is 8.29. The second kappa shape index (κ2) is 4.64. The van der Waals surface area contributed by atoms with Gasteiger partial charge in [0.25, 0.3) is 0 Å². The highest BCUT2D eigenvalue weighted by Crippen LogP contribution is 2.45. The van der Waals surface area contributed by atoms with Gasteiger partial charge in [-0.05, 0) is 39.5 Å². The van der Waals surface area contributed by atoms with E-state index in [1.165, 1.54) is 4.90 Å². The fraction of sp³-hybridized carbons (Fsp3) is 0.833. The van der Waals surface area contributed by atoms with Crippen molar-refractivity contribution < 1.29 is 19.4 Å². The molecule has 1 aliphatic heterocycles. The minimum atomic E-state index is -0.948. The number of aliphatic carboxylic acids is 1. The Bertz CT molecular complexity index is 362. The predicted octanol–water partition coefficient (Wildman–Crippen LogP) is 2.16. The third kappa shape index (κ3) is 2.91. The summed E-state index contributed by atoms with van der Waals surface area (Å²) in [6, 6.07) is -0.754. The largest absolute Gasteiger partial charge is 0.480 e. The molecule has 2 rings (SSSR count). The van der Waals surface area contributed by atoms with Gasteiger partial charge < -0.3 is 9.84 Å². The van der Waals surface area contributed by atoms with Gasteiger partial charge in [0.2, 0.25) is 0 Å². The molecule has 1 aliphatic carbocycles. The highest BCUT2D eigenvalue weighted by molar-refractivity contribution is 8.00. The van der Waals surface area contributed by atoms with E-state index in [9.17, 15) is 14.7 Å². The van der Waals surface area contributed by atoms with Crippen molar-refractivity contribution in [2.75, 3.05) is 5.75 Å². The third-order valence-electron chi connectivity index (χ3n) is 2.95. The summed E-state index contributed by atoms with van der Waals surface area (Å²) in [4.78, 5) is 24.8. The molecule has 0 aromatic carbocycles. The summed E-state index contributed by atoms with van der Waals surface area (Å²) in [5.41, 5.74) is -0.596. The average Bonchev–Trinajstić information content (AvgIpc) is 2.93. The van der Waals surface area contributed by atoms with E-state index in [4.69, 9.17) is 4.74 Å². The summed E-state index contributed by atoms with van der Waals surface area (Å²) in [5, 5.41) is 9.16. The molecular formula is C12H19NO4S. The lowest BCUT2D eigenvalue weighted by Crippen LogP contribution is -2.48. The van der Waals surface area contributed by atoms with E-state index in [2.05, 4.69) is 0 Å². The predicted molar refractivity (Wildman–Crippen MR) is 68.5 cm³/mol. The number of thioether (sulfide) groups is 1. The van der Waals surface area contributed by atoms with E-state index in [-0.39, 0.29) is 5.37 Å². The topological polar surface area (TPSA) is 66.8 Å². The van der Waals surface area contributed by atoms with Crippen LogP contribution in [0.1, 0.15) is 33.6 Å². The maximum atomic E-state index is 12.1. The number of hydrogen-bond donors (Lipinski definition) is 1. The lowest BCUT2D eigenvalue weighted by molar-refractivity contribution is -0.142. The molecule has 2 atom stereocenters. The maximum Gasteiger partial charge on any atom is 0.411 e. The third-order valence-corrected chi connectivity index (χ3v) is 4.41. The van der Waals surface area contributed by atoms with Crippen molar-refractivity contribution in [3.63, 3.8) is 0 Å². The quantitative estimate of drug-likeness (QED) is 0.835. The van der Waals surface area contributed by atoms with Crippen LogP contribution in [0.15, 0.2) is 0 Å². The Morgan fingerprint density at radius 1 is 1.33 bits per heavy atom. The normalized spacial score (nSPS) is 28.3. The summed E-state index contributed by atoms with van der Waals surface area (Å²) in [7, 11) is 0. The SMILES string of the molecule is CC(C)(C)OC(=O)N1C(C(=O)O)CSC1C1CC1. The van der Waals surface area contributed by atoms with E-state index in [0.29, 0.717) is 11.7 Å². The Hall–Kier alpha value is -0.910. The van der Waals surface area contributed by atoms with Gasteiger partial charge in [0.1, 0.15) is 11.6 Å². The van der Waals surface area contributed by atoms with Crippen LogP contribution < -0.4 is 0 Å². The number of nitrogens with zero attached hydrogens (tertiary/aromatic N) is 1. The standard InChI is InChI=1S/C12H19NO4S/c1-12(2,3)17-11(16)13-8(10(14)15)6-18-9(13)7-4-5-7/h7-9H,4-6H2,1-3H3,(H,14,15). The molecule has 0 aromatic heterocycles. The molecule has 0 radical (unpaired) electrons.